The Bertz CT molecular complexity index is 434. The zero-order valence-electron chi connectivity index (χ0n) is 11.5. The Morgan fingerprint density at radius 3 is 3.11 bits per heavy atom. The number of ether oxygens (including phenoxy) is 2. The number of hydrogen-bond donors (Lipinski definition) is 1. The van der Waals surface area contributed by atoms with Crippen LogP contribution in [0.25, 0.3) is 0 Å². The van der Waals surface area contributed by atoms with Crippen molar-refractivity contribution in [2.75, 3.05) is 33.4 Å². The van der Waals surface area contributed by atoms with Crippen molar-refractivity contribution in [2.24, 2.45) is 5.92 Å². The van der Waals surface area contributed by atoms with E-state index >= 15 is 0 Å². The van der Waals surface area contributed by atoms with Crippen LogP contribution in [0.4, 0.5) is 0 Å². The van der Waals surface area contributed by atoms with E-state index in [2.05, 4.69) is 20.1 Å². The molecule has 1 aliphatic heterocycles. The first kappa shape index (κ1) is 14.0. The summed E-state index contributed by atoms with van der Waals surface area (Å²) in [6.07, 6.45) is -0.136. The number of rotatable bonds is 4. The molecular formula is C12H20N4O3. The average molecular weight is 268 g/mol. The molecule has 1 aromatic heterocycles. The maximum absolute atomic E-state index is 11.4. The van der Waals surface area contributed by atoms with Gasteiger partial charge >= 0.3 is 5.97 Å². The zero-order valence-corrected chi connectivity index (χ0v) is 11.5. The van der Waals surface area contributed by atoms with Gasteiger partial charge in [-0.05, 0) is 6.92 Å². The van der Waals surface area contributed by atoms with Crippen molar-refractivity contribution in [3.8, 4) is 0 Å². The number of carbonyl (C=O) groups is 1. The molecule has 19 heavy (non-hydrogen) atoms. The summed E-state index contributed by atoms with van der Waals surface area (Å²) in [7, 11) is 1.41. The van der Waals surface area contributed by atoms with Gasteiger partial charge in [0.05, 0.1) is 19.6 Å². The Morgan fingerprint density at radius 2 is 2.47 bits per heavy atom. The largest absolute Gasteiger partial charge is 0.469 e. The number of esters is 1. The van der Waals surface area contributed by atoms with Gasteiger partial charge in [0.1, 0.15) is 11.9 Å². The lowest BCUT2D eigenvalue weighted by molar-refractivity contribution is -0.146. The Morgan fingerprint density at radius 1 is 1.68 bits per heavy atom. The van der Waals surface area contributed by atoms with Gasteiger partial charge in [0.15, 0.2) is 5.82 Å². The fraction of sp³-hybridized carbons (Fsp3) is 0.750. The van der Waals surface area contributed by atoms with Gasteiger partial charge in [0.2, 0.25) is 0 Å². The van der Waals surface area contributed by atoms with E-state index in [9.17, 15) is 4.79 Å². The number of carbonyl (C=O) groups excluding carboxylic acids is 1. The highest BCUT2D eigenvalue weighted by atomic mass is 16.5. The molecule has 0 amide bonds. The molecule has 2 atom stereocenters. The molecule has 0 saturated carbocycles. The molecule has 0 unspecified atom stereocenters. The number of aryl methyl sites for hydroxylation is 1. The molecule has 0 spiro atoms. The van der Waals surface area contributed by atoms with E-state index in [0.717, 1.165) is 12.4 Å². The Balaban J connectivity index is 1.92. The minimum absolute atomic E-state index is 0.136. The monoisotopic (exact) mass is 268 g/mol. The predicted molar refractivity (Wildman–Crippen MR) is 67.4 cm³/mol. The molecule has 1 aromatic rings. The number of hydrogen-bond acceptors (Lipinski definition) is 6. The van der Waals surface area contributed by atoms with Crippen LogP contribution in [0.15, 0.2) is 0 Å². The van der Waals surface area contributed by atoms with Crippen LogP contribution < -0.4 is 0 Å². The number of aromatic nitrogens is 3. The van der Waals surface area contributed by atoms with Crippen LogP contribution in [0, 0.1) is 12.8 Å². The Hall–Kier alpha value is -1.47. The van der Waals surface area contributed by atoms with E-state index in [4.69, 9.17) is 9.47 Å². The lowest BCUT2D eigenvalue weighted by Gasteiger charge is -2.32. The molecular weight excluding hydrogens is 248 g/mol. The van der Waals surface area contributed by atoms with E-state index in [0.29, 0.717) is 25.5 Å². The van der Waals surface area contributed by atoms with E-state index in [1.165, 1.54) is 7.11 Å². The van der Waals surface area contributed by atoms with Crippen molar-refractivity contribution in [2.45, 2.75) is 20.0 Å². The molecule has 0 radical (unpaired) electrons. The van der Waals surface area contributed by atoms with Crippen LogP contribution in [-0.2, 0) is 14.3 Å². The van der Waals surface area contributed by atoms with Gasteiger partial charge in [0.25, 0.3) is 0 Å². The fourth-order valence-corrected chi connectivity index (χ4v) is 2.19. The third-order valence-electron chi connectivity index (χ3n) is 3.19. The van der Waals surface area contributed by atoms with Gasteiger partial charge in [-0.3, -0.25) is 14.8 Å². The van der Waals surface area contributed by atoms with Crippen molar-refractivity contribution in [3.63, 3.8) is 0 Å². The van der Waals surface area contributed by atoms with Crippen molar-refractivity contribution in [3.05, 3.63) is 11.6 Å². The van der Waals surface area contributed by atoms with Gasteiger partial charge < -0.3 is 9.47 Å². The van der Waals surface area contributed by atoms with Crippen molar-refractivity contribution >= 4 is 5.97 Å². The number of methoxy groups -OCH3 is 1. The van der Waals surface area contributed by atoms with Crippen LogP contribution in [0.1, 0.15) is 24.7 Å². The second-order valence-corrected chi connectivity index (χ2v) is 4.82. The Kier molecular flexibility index (Phi) is 4.49. The fourth-order valence-electron chi connectivity index (χ4n) is 2.19. The first-order chi connectivity index (χ1) is 9.10. The van der Waals surface area contributed by atoms with E-state index in [1.807, 2.05) is 13.8 Å². The zero-order chi connectivity index (χ0) is 13.8. The molecule has 0 aromatic carbocycles. The number of morpholine rings is 1. The maximum atomic E-state index is 11.4. The molecule has 0 aliphatic carbocycles. The topological polar surface area (TPSA) is 80.3 Å². The maximum Gasteiger partial charge on any atom is 0.309 e. The molecule has 1 aliphatic rings. The smallest absolute Gasteiger partial charge is 0.309 e. The molecule has 7 nitrogen and oxygen atoms in total. The second kappa shape index (κ2) is 6.12. The molecule has 0 bridgehead atoms. The standard InChI is InChI=1S/C12H20N4O3/c1-8(12(17)18-3)6-16-4-5-19-10(7-16)11-13-9(2)14-15-11/h8,10H,4-7H2,1-3H3,(H,13,14,15)/t8-,10-/m1/s1. The van der Waals surface area contributed by atoms with E-state index in [1.54, 1.807) is 0 Å². The SMILES string of the molecule is COC(=O)[C@H](C)CN1CCO[C@@H](c2n[nH]c(C)n2)C1. The van der Waals surface area contributed by atoms with Crippen LogP contribution in [0.3, 0.4) is 0 Å². The number of aromatic amines is 1. The predicted octanol–water partition coefficient (Wildman–Crippen LogP) is 0.296. The molecule has 1 fully saturated rings. The highest BCUT2D eigenvalue weighted by Crippen LogP contribution is 2.19. The normalized spacial score (nSPS) is 22.2. The van der Waals surface area contributed by atoms with Gasteiger partial charge in [-0.1, -0.05) is 6.92 Å². The third-order valence-corrected chi connectivity index (χ3v) is 3.19. The minimum atomic E-state index is -0.184. The minimum Gasteiger partial charge on any atom is -0.469 e. The number of nitrogens with one attached hydrogen (secondary N) is 1. The summed E-state index contributed by atoms with van der Waals surface area (Å²) in [5.74, 6) is 1.13. The van der Waals surface area contributed by atoms with Crippen LogP contribution in [-0.4, -0.2) is 59.4 Å². The summed E-state index contributed by atoms with van der Waals surface area (Å²) < 4.78 is 10.4. The van der Waals surface area contributed by atoms with Gasteiger partial charge in [0, 0.05) is 19.6 Å². The quantitative estimate of drug-likeness (QED) is 0.791. The summed E-state index contributed by atoms with van der Waals surface area (Å²) in [4.78, 5) is 17.9. The Labute approximate surface area is 112 Å². The molecule has 1 saturated heterocycles. The summed E-state index contributed by atoms with van der Waals surface area (Å²) in [6, 6.07) is 0. The number of nitrogens with zero attached hydrogens (tertiary/aromatic N) is 3. The van der Waals surface area contributed by atoms with Crippen LogP contribution >= 0.6 is 0 Å². The summed E-state index contributed by atoms with van der Waals surface area (Å²) in [6.45, 7) is 6.51. The first-order valence-electron chi connectivity index (χ1n) is 6.41. The highest BCUT2D eigenvalue weighted by molar-refractivity contribution is 5.72. The van der Waals surface area contributed by atoms with Gasteiger partial charge in [-0.2, -0.15) is 5.10 Å². The summed E-state index contributed by atoms with van der Waals surface area (Å²) in [5.41, 5.74) is 0. The van der Waals surface area contributed by atoms with Gasteiger partial charge in [-0.15, -0.1) is 0 Å². The van der Waals surface area contributed by atoms with E-state index in [-0.39, 0.29) is 18.0 Å². The van der Waals surface area contributed by atoms with Crippen LogP contribution in [0.2, 0.25) is 0 Å². The molecule has 1 N–H and O–H groups in total. The molecule has 7 heteroatoms. The second-order valence-electron chi connectivity index (χ2n) is 4.82. The number of H-pyrrole nitrogens is 1. The first-order valence-corrected chi connectivity index (χ1v) is 6.41. The van der Waals surface area contributed by atoms with Crippen molar-refractivity contribution in [1.29, 1.82) is 0 Å². The highest BCUT2D eigenvalue weighted by Gasteiger charge is 2.27. The molecule has 2 rings (SSSR count). The lowest BCUT2D eigenvalue weighted by atomic mass is 10.1. The summed E-state index contributed by atoms with van der Waals surface area (Å²) in [5, 5.41) is 6.94. The van der Waals surface area contributed by atoms with E-state index < -0.39 is 0 Å². The molecule has 2 heterocycles. The van der Waals surface area contributed by atoms with Crippen molar-refractivity contribution < 1.29 is 14.3 Å². The summed E-state index contributed by atoms with van der Waals surface area (Å²) >= 11 is 0. The third kappa shape index (κ3) is 3.51. The lowest BCUT2D eigenvalue weighted by Crippen LogP contribution is -2.42. The average Bonchev–Trinajstić information content (AvgIpc) is 2.84. The van der Waals surface area contributed by atoms with Crippen molar-refractivity contribution in [1.82, 2.24) is 20.1 Å². The molecule has 106 valence electrons. The van der Waals surface area contributed by atoms with Gasteiger partial charge in [-0.25, -0.2) is 4.98 Å². The van der Waals surface area contributed by atoms with Crippen LogP contribution in [0.5, 0.6) is 0 Å².